The molecule has 1 N–H and O–H groups in total. The van der Waals surface area contributed by atoms with Crippen molar-refractivity contribution >= 4 is 11.7 Å². The monoisotopic (exact) mass is 236 g/mol. The van der Waals surface area contributed by atoms with Crippen LogP contribution in [0.4, 0.5) is 5.69 Å². The Balaban J connectivity index is 2.16. The molecule has 0 bridgehead atoms. The summed E-state index contributed by atoms with van der Waals surface area (Å²) in [4.78, 5) is 16.8. The smallest absolute Gasteiger partial charge is 0.354 e. The van der Waals surface area contributed by atoms with Crippen molar-refractivity contribution in [2.24, 2.45) is 0 Å². The van der Waals surface area contributed by atoms with E-state index in [0.29, 0.717) is 6.61 Å². The summed E-state index contributed by atoms with van der Waals surface area (Å²) in [7, 11) is 0. The van der Waals surface area contributed by atoms with Gasteiger partial charge in [0.15, 0.2) is 0 Å². The van der Waals surface area contributed by atoms with Gasteiger partial charge in [-0.3, -0.25) is 0 Å². The van der Waals surface area contributed by atoms with Gasteiger partial charge in [0.2, 0.25) is 0 Å². The predicted molar refractivity (Wildman–Crippen MR) is 63.4 cm³/mol. The number of carboxylic acid groups (broad SMARTS) is 1. The number of aromatic carboxylic acids is 1. The molecule has 1 unspecified atom stereocenters. The van der Waals surface area contributed by atoms with Crippen LogP contribution in [-0.4, -0.2) is 41.9 Å². The lowest BCUT2D eigenvalue weighted by molar-refractivity contribution is 0.0384. The zero-order valence-electron chi connectivity index (χ0n) is 9.80. The number of hydrogen-bond acceptors (Lipinski definition) is 4. The molecule has 1 aliphatic heterocycles. The van der Waals surface area contributed by atoms with Gasteiger partial charge < -0.3 is 14.7 Å². The molecule has 17 heavy (non-hydrogen) atoms. The third-order valence-corrected chi connectivity index (χ3v) is 2.92. The van der Waals surface area contributed by atoms with Crippen LogP contribution in [0.5, 0.6) is 0 Å². The molecular formula is C12H16N2O3. The van der Waals surface area contributed by atoms with E-state index in [-0.39, 0.29) is 11.8 Å². The van der Waals surface area contributed by atoms with Crippen molar-refractivity contribution < 1.29 is 14.6 Å². The van der Waals surface area contributed by atoms with Crippen molar-refractivity contribution in [1.82, 2.24) is 4.98 Å². The highest BCUT2D eigenvalue weighted by Crippen LogP contribution is 2.19. The summed E-state index contributed by atoms with van der Waals surface area (Å²) in [6, 6.07) is 3.45. The maximum absolute atomic E-state index is 10.9. The number of rotatable bonds is 3. The highest BCUT2D eigenvalue weighted by atomic mass is 16.5. The van der Waals surface area contributed by atoms with E-state index in [1.54, 1.807) is 6.07 Å². The van der Waals surface area contributed by atoms with Gasteiger partial charge in [0, 0.05) is 25.0 Å². The van der Waals surface area contributed by atoms with Gasteiger partial charge in [0.25, 0.3) is 0 Å². The molecule has 1 aromatic rings. The quantitative estimate of drug-likeness (QED) is 0.859. The van der Waals surface area contributed by atoms with Crippen LogP contribution >= 0.6 is 0 Å². The van der Waals surface area contributed by atoms with Crippen LogP contribution in [0.15, 0.2) is 18.3 Å². The van der Waals surface area contributed by atoms with E-state index in [1.807, 2.05) is 6.07 Å². The fraction of sp³-hybridized carbons (Fsp3) is 0.500. The van der Waals surface area contributed by atoms with Gasteiger partial charge in [-0.15, -0.1) is 0 Å². The number of carboxylic acids is 1. The number of ether oxygens (including phenoxy) is 1. The van der Waals surface area contributed by atoms with Crippen LogP contribution in [0.25, 0.3) is 0 Å². The summed E-state index contributed by atoms with van der Waals surface area (Å²) >= 11 is 0. The topological polar surface area (TPSA) is 62.7 Å². The van der Waals surface area contributed by atoms with Crippen LogP contribution in [-0.2, 0) is 4.74 Å². The lowest BCUT2D eigenvalue weighted by Crippen LogP contribution is -2.42. The molecule has 5 nitrogen and oxygen atoms in total. The van der Waals surface area contributed by atoms with Crippen molar-refractivity contribution in [2.45, 2.75) is 19.4 Å². The first kappa shape index (κ1) is 11.9. The normalized spacial score (nSPS) is 20.3. The molecule has 0 spiro atoms. The van der Waals surface area contributed by atoms with Crippen LogP contribution in [0.1, 0.15) is 23.8 Å². The molecule has 0 aromatic carbocycles. The minimum absolute atomic E-state index is 0.0852. The SMILES string of the molecule is CCC1CN(c2ccnc(C(=O)O)c2)CCO1. The molecule has 1 fully saturated rings. The minimum atomic E-state index is -0.993. The number of pyridine rings is 1. The first-order valence-electron chi connectivity index (χ1n) is 5.76. The summed E-state index contributed by atoms with van der Waals surface area (Å²) in [5.41, 5.74) is 0.987. The van der Waals surface area contributed by atoms with Gasteiger partial charge in [-0.25, -0.2) is 9.78 Å². The largest absolute Gasteiger partial charge is 0.477 e. The Morgan fingerprint density at radius 3 is 3.24 bits per heavy atom. The zero-order valence-corrected chi connectivity index (χ0v) is 9.80. The van der Waals surface area contributed by atoms with Gasteiger partial charge in [-0.1, -0.05) is 6.92 Å². The molecule has 1 saturated heterocycles. The molecule has 2 rings (SSSR count). The minimum Gasteiger partial charge on any atom is -0.477 e. The van der Waals surface area contributed by atoms with Crippen LogP contribution in [0, 0.1) is 0 Å². The molecule has 5 heteroatoms. The number of carbonyl (C=O) groups is 1. The fourth-order valence-corrected chi connectivity index (χ4v) is 1.93. The van der Waals surface area contributed by atoms with Crippen molar-refractivity contribution in [3.8, 4) is 0 Å². The Morgan fingerprint density at radius 2 is 2.53 bits per heavy atom. The first-order valence-corrected chi connectivity index (χ1v) is 5.76. The van der Waals surface area contributed by atoms with Crippen molar-refractivity contribution in [3.05, 3.63) is 24.0 Å². The predicted octanol–water partition coefficient (Wildman–Crippen LogP) is 1.40. The molecule has 2 heterocycles. The first-order chi connectivity index (χ1) is 8.20. The highest BCUT2D eigenvalue weighted by molar-refractivity contribution is 5.86. The van der Waals surface area contributed by atoms with Gasteiger partial charge in [0.1, 0.15) is 5.69 Å². The summed E-state index contributed by atoms with van der Waals surface area (Å²) in [5, 5.41) is 8.90. The standard InChI is InChI=1S/C12H16N2O3/c1-2-10-8-14(5-6-17-10)9-3-4-13-11(7-9)12(15)16/h3-4,7,10H,2,5-6,8H2,1H3,(H,15,16). The van der Waals surface area contributed by atoms with Gasteiger partial charge in [-0.05, 0) is 18.6 Å². The third kappa shape index (κ3) is 2.74. The molecule has 0 saturated carbocycles. The number of hydrogen-bond donors (Lipinski definition) is 1. The lowest BCUT2D eigenvalue weighted by Gasteiger charge is -2.34. The Labute approximate surface area is 100 Å². The lowest BCUT2D eigenvalue weighted by atomic mass is 10.2. The second-order valence-electron chi connectivity index (χ2n) is 4.05. The summed E-state index contributed by atoms with van der Waals surface area (Å²) in [6.07, 6.45) is 2.73. The Bertz CT molecular complexity index is 408. The molecule has 1 atom stereocenters. The fourth-order valence-electron chi connectivity index (χ4n) is 1.93. The Morgan fingerprint density at radius 1 is 1.71 bits per heavy atom. The summed E-state index contributed by atoms with van der Waals surface area (Å²) in [6.45, 7) is 4.37. The Hall–Kier alpha value is -1.62. The molecule has 0 radical (unpaired) electrons. The van der Waals surface area contributed by atoms with E-state index in [1.165, 1.54) is 6.20 Å². The summed E-state index contributed by atoms with van der Waals surface area (Å²) in [5.74, 6) is -0.993. The molecule has 0 aliphatic carbocycles. The Kier molecular flexibility index (Phi) is 3.58. The average molecular weight is 236 g/mol. The third-order valence-electron chi connectivity index (χ3n) is 2.92. The van der Waals surface area contributed by atoms with E-state index in [4.69, 9.17) is 9.84 Å². The maximum atomic E-state index is 10.9. The molecule has 1 aliphatic rings. The maximum Gasteiger partial charge on any atom is 0.354 e. The van der Waals surface area contributed by atoms with E-state index in [0.717, 1.165) is 25.2 Å². The molecule has 0 amide bonds. The van der Waals surface area contributed by atoms with E-state index >= 15 is 0 Å². The summed E-state index contributed by atoms with van der Waals surface area (Å²) < 4.78 is 5.58. The molecule has 92 valence electrons. The number of nitrogens with zero attached hydrogens (tertiary/aromatic N) is 2. The van der Waals surface area contributed by atoms with Gasteiger partial charge in [0.05, 0.1) is 12.7 Å². The van der Waals surface area contributed by atoms with Crippen LogP contribution in [0.2, 0.25) is 0 Å². The van der Waals surface area contributed by atoms with Crippen molar-refractivity contribution in [3.63, 3.8) is 0 Å². The number of morpholine rings is 1. The van der Waals surface area contributed by atoms with E-state index in [2.05, 4.69) is 16.8 Å². The van der Waals surface area contributed by atoms with Crippen molar-refractivity contribution in [1.29, 1.82) is 0 Å². The number of anilines is 1. The van der Waals surface area contributed by atoms with Gasteiger partial charge in [-0.2, -0.15) is 0 Å². The second kappa shape index (κ2) is 5.14. The highest BCUT2D eigenvalue weighted by Gasteiger charge is 2.20. The number of aromatic nitrogens is 1. The van der Waals surface area contributed by atoms with E-state index < -0.39 is 5.97 Å². The van der Waals surface area contributed by atoms with Gasteiger partial charge >= 0.3 is 5.97 Å². The average Bonchev–Trinajstić information content (AvgIpc) is 2.39. The van der Waals surface area contributed by atoms with Crippen molar-refractivity contribution in [2.75, 3.05) is 24.6 Å². The second-order valence-corrected chi connectivity index (χ2v) is 4.05. The van der Waals surface area contributed by atoms with E-state index in [9.17, 15) is 4.79 Å². The zero-order chi connectivity index (χ0) is 12.3. The molecular weight excluding hydrogens is 220 g/mol. The molecule has 1 aromatic heterocycles. The van der Waals surface area contributed by atoms with Crippen LogP contribution in [0.3, 0.4) is 0 Å². The van der Waals surface area contributed by atoms with Crippen LogP contribution < -0.4 is 4.90 Å².